The van der Waals surface area contributed by atoms with Gasteiger partial charge < -0.3 is 10.1 Å². The second kappa shape index (κ2) is 11.9. The van der Waals surface area contributed by atoms with Crippen LogP contribution in [0.1, 0.15) is 35.7 Å². The summed E-state index contributed by atoms with van der Waals surface area (Å²) in [4.78, 5) is 13.1. The number of rotatable bonds is 9. The van der Waals surface area contributed by atoms with Gasteiger partial charge in [0.05, 0.1) is 9.79 Å². The summed E-state index contributed by atoms with van der Waals surface area (Å²) in [7, 11) is -4.07. The number of amides is 1. The van der Waals surface area contributed by atoms with Gasteiger partial charge in [0, 0.05) is 38.4 Å². The van der Waals surface area contributed by atoms with Crippen LogP contribution in [0, 0.1) is 5.92 Å². The van der Waals surface area contributed by atoms with E-state index in [-0.39, 0.29) is 22.3 Å². The third-order valence-electron chi connectivity index (χ3n) is 6.72. The number of piperidine rings is 1. The first-order valence-electron chi connectivity index (χ1n) is 12.6. The Kier molecular flexibility index (Phi) is 8.75. The van der Waals surface area contributed by atoms with E-state index in [1.165, 1.54) is 42.7 Å². The van der Waals surface area contributed by atoms with Crippen LogP contribution in [0.25, 0.3) is 0 Å². The number of carbonyl (C=O) groups is 1. The fraction of sp³-hybridized carbons (Fsp3) is 0.321. The predicted molar refractivity (Wildman–Crippen MR) is 150 cm³/mol. The summed E-state index contributed by atoms with van der Waals surface area (Å²) >= 11 is 0. The average molecular weight is 572 g/mol. The molecule has 0 bridgehead atoms. The molecule has 0 spiro atoms. The van der Waals surface area contributed by atoms with E-state index in [1.807, 2.05) is 0 Å². The average Bonchev–Trinajstić information content (AvgIpc) is 2.93. The van der Waals surface area contributed by atoms with E-state index in [4.69, 9.17) is 4.74 Å². The fourth-order valence-corrected chi connectivity index (χ4v) is 6.50. The van der Waals surface area contributed by atoms with Crippen LogP contribution in [0.2, 0.25) is 0 Å². The molecule has 1 N–H and O–H groups in total. The molecule has 208 valence electrons. The molecule has 1 fully saturated rings. The molecule has 4 rings (SSSR count). The van der Waals surface area contributed by atoms with Crippen molar-refractivity contribution in [1.82, 2.24) is 8.61 Å². The van der Waals surface area contributed by atoms with Gasteiger partial charge in [-0.15, -0.1) is 0 Å². The van der Waals surface area contributed by atoms with Crippen molar-refractivity contribution in [2.75, 3.05) is 32.5 Å². The minimum atomic E-state index is -3.55. The van der Waals surface area contributed by atoms with E-state index in [0.29, 0.717) is 36.0 Å². The van der Waals surface area contributed by atoms with Crippen molar-refractivity contribution in [3.8, 4) is 5.75 Å². The van der Waals surface area contributed by atoms with Gasteiger partial charge in [-0.3, -0.25) is 4.79 Å². The quantitative estimate of drug-likeness (QED) is 0.412. The Morgan fingerprint density at radius 2 is 1.44 bits per heavy atom. The lowest BCUT2D eigenvalue weighted by Gasteiger charge is -2.29. The summed E-state index contributed by atoms with van der Waals surface area (Å²) in [5.74, 6) is 0.751. The van der Waals surface area contributed by atoms with E-state index >= 15 is 0 Å². The van der Waals surface area contributed by atoms with Gasteiger partial charge >= 0.3 is 0 Å². The van der Waals surface area contributed by atoms with Crippen molar-refractivity contribution in [1.29, 1.82) is 0 Å². The zero-order valence-electron chi connectivity index (χ0n) is 22.2. The standard InChI is InChI=1S/C28H33N3O6S2/c1-21-16-18-31(19-17-21)39(35,36)27-14-8-24(9-15-27)29-28(32)23-6-10-25(11-7-23)37-20-22-4-12-26(13-5-22)38(33,34)30(2)3/h4-15,21H,16-20H2,1-3H3,(H,29,32). The summed E-state index contributed by atoms with van der Waals surface area (Å²) in [5, 5.41) is 2.78. The van der Waals surface area contributed by atoms with Crippen molar-refractivity contribution in [3.63, 3.8) is 0 Å². The highest BCUT2D eigenvalue weighted by Gasteiger charge is 2.28. The molecule has 1 heterocycles. The first kappa shape index (κ1) is 28.8. The van der Waals surface area contributed by atoms with Crippen LogP contribution in [0.3, 0.4) is 0 Å². The summed E-state index contributed by atoms with van der Waals surface area (Å²) in [6, 6.07) is 19.3. The number of sulfonamides is 2. The number of benzene rings is 3. The highest BCUT2D eigenvalue weighted by atomic mass is 32.2. The lowest BCUT2D eigenvalue weighted by atomic mass is 10.0. The molecule has 11 heteroatoms. The van der Waals surface area contributed by atoms with Crippen molar-refractivity contribution < 1.29 is 26.4 Å². The van der Waals surface area contributed by atoms with Crippen LogP contribution in [0.4, 0.5) is 5.69 Å². The molecule has 39 heavy (non-hydrogen) atoms. The fourth-order valence-electron chi connectivity index (χ4n) is 4.13. The highest BCUT2D eigenvalue weighted by molar-refractivity contribution is 7.89. The highest BCUT2D eigenvalue weighted by Crippen LogP contribution is 2.25. The molecule has 0 saturated carbocycles. The third-order valence-corrected chi connectivity index (χ3v) is 10.5. The maximum atomic E-state index is 12.9. The summed E-state index contributed by atoms with van der Waals surface area (Å²) < 4.78 is 58.6. The number of nitrogens with zero attached hydrogens (tertiary/aromatic N) is 2. The van der Waals surface area contributed by atoms with E-state index in [2.05, 4.69) is 12.2 Å². The molecule has 0 aromatic heterocycles. The van der Waals surface area contributed by atoms with Gasteiger partial charge in [-0.2, -0.15) is 4.31 Å². The van der Waals surface area contributed by atoms with Gasteiger partial charge in [-0.1, -0.05) is 19.1 Å². The van der Waals surface area contributed by atoms with Gasteiger partial charge in [0.25, 0.3) is 5.91 Å². The van der Waals surface area contributed by atoms with Gasteiger partial charge in [-0.05, 0) is 85.0 Å². The van der Waals surface area contributed by atoms with E-state index in [0.717, 1.165) is 22.7 Å². The number of hydrogen-bond acceptors (Lipinski definition) is 6. The minimum absolute atomic E-state index is 0.208. The number of carbonyl (C=O) groups excluding carboxylic acids is 1. The zero-order chi connectivity index (χ0) is 28.2. The Balaban J connectivity index is 1.32. The molecule has 1 aliphatic heterocycles. The minimum Gasteiger partial charge on any atom is -0.489 e. The second-order valence-electron chi connectivity index (χ2n) is 9.81. The predicted octanol–water partition coefficient (Wildman–Crippen LogP) is 4.19. The first-order chi connectivity index (χ1) is 18.5. The maximum Gasteiger partial charge on any atom is 0.255 e. The molecule has 0 radical (unpaired) electrons. The Morgan fingerprint density at radius 3 is 2.00 bits per heavy atom. The third kappa shape index (κ3) is 6.85. The molecule has 3 aromatic carbocycles. The van der Waals surface area contributed by atoms with Gasteiger partial charge in [0.2, 0.25) is 20.0 Å². The van der Waals surface area contributed by atoms with E-state index in [9.17, 15) is 21.6 Å². The Morgan fingerprint density at radius 1 is 0.872 bits per heavy atom. The summed E-state index contributed by atoms with van der Waals surface area (Å²) in [6.07, 6.45) is 1.71. The molecule has 1 aliphatic rings. The number of hydrogen-bond donors (Lipinski definition) is 1. The maximum absolute atomic E-state index is 12.9. The molecular weight excluding hydrogens is 538 g/mol. The monoisotopic (exact) mass is 571 g/mol. The van der Waals surface area contributed by atoms with E-state index in [1.54, 1.807) is 48.5 Å². The molecule has 0 atom stereocenters. The Hall–Kier alpha value is -3.25. The first-order valence-corrected chi connectivity index (χ1v) is 15.5. The van der Waals surface area contributed by atoms with Crippen LogP contribution in [0.5, 0.6) is 5.75 Å². The number of ether oxygens (including phenoxy) is 1. The Bertz CT molecular complexity index is 1490. The van der Waals surface area contributed by atoms with Crippen LogP contribution < -0.4 is 10.1 Å². The van der Waals surface area contributed by atoms with Crippen molar-refractivity contribution in [3.05, 3.63) is 83.9 Å². The largest absolute Gasteiger partial charge is 0.489 e. The van der Waals surface area contributed by atoms with Gasteiger partial charge in [0.1, 0.15) is 12.4 Å². The molecule has 3 aromatic rings. The van der Waals surface area contributed by atoms with E-state index < -0.39 is 20.0 Å². The molecule has 1 saturated heterocycles. The molecular formula is C28H33N3O6S2. The lowest BCUT2D eigenvalue weighted by Crippen LogP contribution is -2.37. The van der Waals surface area contributed by atoms with Crippen LogP contribution in [-0.2, 0) is 26.7 Å². The molecule has 1 amide bonds. The second-order valence-corrected chi connectivity index (χ2v) is 13.9. The topological polar surface area (TPSA) is 113 Å². The Labute approximate surface area is 230 Å². The molecule has 0 aliphatic carbocycles. The van der Waals surface area contributed by atoms with Crippen molar-refractivity contribution in [2.24, 2.45) is 5.92 Å². The van der Waals surface area contributed by atoms with Gasteiger partial charge in [-0.25, -0.2) is 21.1 Å². The smallest absolute Gasteiger partial charge is 0.255 e. The lowest BCUT2D eigenvalue weighted by molar-refractivity contribution is 0.102. The summed E-state index contributed by atoms with van der Waals surface area (Å²) in [5.41, 5.74) is 1.71. The van der Waals surface area contributed by atoms with Crippen LogP contribution >= 0.6 is 0 Å². The van der Waals surface area contributed by atoms with Gasteiger partial charge in [0.15, 0.2) is 0 Å². The SMILES string of the molecule is CC1CCN(S(=O)(=O)c2ccc(NC(=O)c3ccc(OCc4ccc(S(=O)(=O)N(C)C)cc4)cc3)cc2)CC1. The normalized spacial score (nSPS) is 15.3. The zero-order valence-corrected chi connectivity index (χ0v) is 23.8. The van der Waals surface area contributed by atoms with Crippen molar-refractivity contribution >= 4 is 31.6 Å². The number of anilines is 1. The molecule has 9 nitrogen and oxygen atoms in total. The van der Waals surface area contributed by atoms with Crippen LogP contribution in [-0.4, -0.2) is 58.5 Å². The molecule has 0 unspecified atom stereocenters. The number of nitrogens with one attached hydrogen (secondary N) is 1. The van der Waals surface area contributed by atoms with Crippen LogP contribution in [0.15, 0.2) is 82.6 Å². The summed E-state index contributed by atoms with van der Waals surface area (Å²) in [6.45, 7) is 3.41. The van der Waals surface area contributed by atoms with Crippen molar-refractivity contribution in [2.45, 2.75) is 36.2 Å².